The highest BCUT2D eigenvalue weighted by molar-refractivity contribution is 6.31. The Morgan fingerprint density at radius 2 is 1.87 bits per heavy atom. The van der Waals surface area contributed by atoms with Gasteiger partial charge < -0.3 is 21.7 Å². The summed E-state index contributed by atoms with van der Waals surface area (Å²) in [7, 11) is 0. The molecular weight excluding hydrogens is 500 g/mol. The van der Waals surface area contributed by atoms with Crippen molar-refractivity contribution < 1.29 is 9.59 Å². The van der Waals surface area contributed by atoms with Crippen LogP contribution in [0.5, 0.6) is 0 Å². The Bertz CT molecular complexity index is 1290. The Kier molecular flexibility index (Phi) is 9.20. The van der Waals surface area contributed by atoms with Gasteiger partial charge in [0.2, 0.25) is 5.91 Å². The van der Waals surface area contributed by atoms with Gasteiger partial charge in [0, 0.05) is 42.2 Å². The molecule has 1 aliphatic heterocycles. The van der Waals surface area contributed by atoms with Crippen LogP contribution in [0.25, 0.3) is 10.8 Å². The van der Waals surface area contributed by atoms with E-state index in [1.54, 1.807) is 12.1 Å². The first-order valence-electron chi connectivity index (χ1n) is 13.0. The van der Waals surface area contributed by atoms with Gasteiger partial charge in [-0.3, -0.25) is 19.9 Å². The van der Waals surface area contributed by atoms with Gasteiger partial charge in [0.05, 0.1) is 6.54 Å². The lowest BCUT2D eigenvalue weighted by Gasteiger charge is -2.28. The Morgan fingerprint density at radius 1 is 1.13 bits per heavy atom. The molecular formula is C29H35ClN6O2. The number of carbonyl (C=O) groups excluding carboxylic acids is 2. The second-order valence-corrected chi connectivity index (χ2v) is 10.1. The van der Waals surface area contributed by atoms with Crippen molar-refractivity contribution in [2.45, 2.75) is 37.8 Å². The Hall–Kier alpha value is -3.62. The number of carbonyl (C=O) groups is 2. The van der Waals surface area contributed by atoms with E-state index in [0.717, 1.165) is 17.2 Å². The molecule has 6 N–H and O–H groups in total. The molecule has 0 radical (unpaired) electrons. The lowest BCUT2D eigenvalue weighted by Crippen LogP contribution is -2.51. The summed E-state index contributed by atoms with van der Waals surface area (Å²) in [6.45, 7) is 3.82. The number of nitrogens with one attached hydrogen (secondary N) is 2. The van der Waals surface area contributed by atoms with Crippen LogP contribution in [0, 0.1) is 0 Å². The lowest BCUT2D eigenvalue weighted by atomic mass is 9.95. The van der Waals surface area contributed by atoms with Crippen LogP contribution in [0.4, 0.5) is 0 Å². The molecule has 0 spiro atoms. The van der Waals surface area contributed by atoms with E-state index in [-0.39, 0.29) is 36.3 Å². The molecule has 0 aliphatic carbocycles. The number of hydrogen-bond donors (Lipinski definition) is 4. The molecule has 3 aromatic rings. The third-order valence-electron chi connectivity index (χ3n) is 7.03. The zero-order valence-electron chi connectivity index (χ0n) is 21.6. The molecule has 1 heterocycles. The molecule has 38 heavy (non-hydrogen) atoms. The summed E-state index contributed by atoms with van der Waals surface area (Å²) in [6.07, 6.45) is 1.60. The van der Waals surface area contributed by atoms with E-state index in [4.69, 9.17) is 23.1 Å². The van der Waals surface area contributed by atoms with Gasteiger partial charge in [-0.15, -0.1) is 0 Å². The number of rotatable bonds is 9. The van der Waals surface area contributed by atoms with Crippen molar-refractivity contribution in [2.75, 3.05) is 26.2 Å². The molecule has 0 aromatic heterocycles. The Morgan fingerprint density at radius 3 is 2.61 bits per heavy atom. The van der Waals surface area contributed by atoms with Gasteiger partial charge in [-0.1, -0.05) is 61.0 Å². The molecule has 1 aliphatic rings. The number of hydrogen-bond acceptors (Lipinski definition) is 4. The first-order chi connectivity index (χ1) is 18.3. The van der Waals surface area contributed by atoms with Crippen molar-refractivity contribution in [3.8, 4) is 0 Å². The minimum Gasteiger partial charge on any atom is -0.370 e. The van der Waals surface area contributed by atoms with E-state index in [1.165, 1.54) is 5.56 Å². The van der Waals surface area contributed by atoms with E-state index >= 15 is 0 Å². The van der Waals surface area contributed by atoms with Gasteiger partial charge in [-0.2, -0.15) is 0 Å². The first kappa shape index (κ1) is 27.4. The largest absolute Gasteiger partial charge is 0.370 e. The molecule has 1 saturated heterocycles. The maximum Gasteiger partial charge on any atom is 0.251 e. The maximum atomic E-state index is 13.5. The van der Waals surface area contributed by atoms with Crippen LogP contribution in [0.2, 0.25) is 5.02 Å². The van der Waals surface area contributed by atoms with E-state index in [2.05, 4.69) is 34.7 Å². The summed E-state index contributed by atoms with van der Waals surface area (Å²) in [5.74, 6) is -0.0464. The summed E-state index contributed by atoms with van der Waals surface area (Å²) in [5, 5.41) is 8.98. The molecule has 4 rings (SSSR count). The van der Waals surface area contributed by atoms with Crippen LogP contribution in [0.1, 0.15) is 41.6 Å². The Labute approximate surface area is 228 Å². The third kappa shape index (κ3) is 7.02. The van der Waals surface area contributed by atoms with Crippen molar-refractivity contribution in [3.05, 3.63) is 82.9 Å². The molecule has 8 nitrogen and oxygen atoms in total. The molecule has 0 saturated carbocycles. The van der Waals surface area contributed by atoms with Gasteiger partial charge in [-0.05, 0) is 53.4 Å². The van der Waals surface area contributed by atoms with Crippen LogP contribution in [0.15, 0.2) is 71.7 Å². The molecule has 3 aromatic carbocycles. The van der Waals surface area contributed by atoms with Crippen molar-refractivity contribution >= 4 is 40.1 Å². The van der Waals surface area contributed by atoms with Gasteiger partial charge in [0.15, 0.2) is 5.96 Å². The predicted molar refractivity (Wildman–Crippen MR) is 153 cm³/mol. The minimum absolute atomic E-state index is 0.0357. The minimum atomic E-state index is -0.583. The van der Waals surface area contributed by atoms with E-state index in [0.29, 0.717) is 36.6 Å². The molecule has 3 unspecified atom stereocenters. The Balaban J connectivity index is 1.44. The van der Waals surface area contributed by atoms with Crippen LogP contribution in [0.3, 0.4) is 0 Å². The predicted octanol–water partition coefficient (Wildman–Crippen LogP) is 3.25. The third-order valence-corrected chi connectivity index (χ3v) is 7.26. The second-order valence-electron chi connectivity index (χ2n) is 9.69. The normalized spacial score (nSPS) is 18.6. The number of halogens is 1. The summed E-state index contributed by atoms with van der Waals surface area (Å²) >= 11 is 6.07. The van der Waals surface area contributed by atoms with Gasteiger partial charge >= 0.3 is 0 Å². The summed E-state index contributed by atoms with van der Waals surface area (Å²) in [4.78, 5) is 32.5. The number of aliphatic imine (C=N–C) groups is 1. The van der Waals surface area contributed by atoms with Crippen molar-refractivity contribution in [3.63, 3.8) is 0 Å². The monoisotopic (exact) mass is 534 g/mol. The fourth-order valence-electron chi connectivity index (χ4n) is 4.89. The topological polar surface area (TPSA) is 126 Å². The summed E-state index contributed by atoms with van der Waals surface area (Å²) in [5.41, 5.74) is 12.9. The van der Waals surface area contributed by atoms with Gasteiger partial charge in [0.1, 0.15) is 6.04 Å². The van der Waals surface area contributed by atoms with Gasteiger partial charge in [0.25, 0.3) is 5.91 Å². The zero-order chi connectivity index (χ0) is 27.1. The molecule has 3 atom stereocenters. The quantitative estimate of drug-likeness (QED) is 0.248. The average molecular weight is 535 g/mol. The fourth-order valence-corrected chi connectivity index (χ4v) is 5.07. The second kappa shape index (κ2) is 12.8. The smallest absolute Gasteiger partial charge is 0.251 e. The maximum absolute atomic E-state index is 13.5. The first-order valence-corrected chi connectivity index (χ1v) is 13.3. The van der Waals surface area contributed by atoms with Crippen LogP contribution < -0.4 is 22.1 Å². The van der Waals surface area contributed by atoms with Crippen LogP contribution in [-0.4, -0.2) is 60.9 Å². The number of nitrogens with zero attached hydrogens (tertiary/aromatic N) is 2. The highest BCUT2D eigenvalue weighted by atomic mass is 35.5. The molecule has 200 valence electrons. The number of guanidine groups is 1. The number of fused-ring (bicyclic) bond motifs is 1. The highest BCUT2D eigenvalue weighted by Gasteiger charge is 2.32. The molecule has 2 amide bonds. The van der Waals surface area contributed by atoms with Crippen molar-refractivity contribution in [2.24, 2.45) is 16.5 Å². The molecule has 1 fully saturated rings. The average Bonchev–Trinajstić information content (AvgIpc) is 3.07. The van der Waals surface area contributed by atoms with Crippen molar-refractivity contribution in [1.82, 2.24) is 15.5 Å². The summed E-state index contributed by atoms with van der Waals surface area (Å²) < 4.78 is 0. The number of benzene rings is 3. The standard InChI is InChI=1S/C29H35ClN6O2/c1-2-19(20-6-4-3-5-7-20)18-36-13-12-25(35-26(28(36)38)17-34-29(31)32)16-33-27(37)23-9-8-22-15-24(30)11-10-21(22)14-23/h3-11,14-15,19,25-26,35H,2,12-13,16-18H2,1H3,(H,33,37)(H4,31,32,34). The highest BCUT2D eigenvalue weighted by Crippen LogP contribution is 2.23. The van der Waals surface area contributed by atoms with E-state index in [9.17, 15) is 9.59 Å². The fraction of sp³-hybridized carbons (Fsp3) is 0.345. The molecule has 9 heteroatoms. The van der Waals surface area contributed by atoms with E-state index in [1.807, 2.05) is 47.4 Å². The SMILES string of the molecule is CCC(CN1CCC(CNC(=O)c2ccc3cc(Cl)ccc3c2)NC(CN=C(N)N)C1=O)c1ccccc1. The van der Waals surface area contributed by atoms with Gasteiger partial charge in [-0.25, -0.2) is 0 Å². The van der Waals surface area contributed by atoms with Crippen LogP contribution >= 0.6 is 11.6 Å². The van der Waals surface area contributed by atoms with E-state index < -0.39 is 6.04 Å². The number of nitrogens with two attached hydrogens (primary N) is 2. The number of amides is 2. The van der Waals surface area contributed by atoms with Crippen molar-refractivity contribution in [1.29, 1.82) is 0 Å². The van der Waals surface area contributed by atoms with Crippen LogP contribution in [-0.2, 0) is 4.79 Å². The lowest BCUT2D eigenvalue weighted by molar-refractivity contribution is -0.132. The molecule has 0 bridgehead atoms. The zero-order valence-corrected chi connectivity index (χ0v) is 22.3. The summed E-state index contributed by atoms with van der Waals surface area (Å²) in [6, 6.07) is 20.6.